The van der Waals surface area contributed by atoms with Crippen LogP contribution in [0.5, 0.6) is 11.5 Å². The van der Waals surface area contributed by atoms with E-state index in [0.717, 1.165) is 11.1 Å². The first-order valence-electron chi connectivity index (χ1n) is 8.16. The molecule has 0 aliphatic heterocycles. The number of nitro groups is 1. The lowest BCUT2D eigenvalue weighted by atomic mass is 10.0. The first-order chi connectivity index (χ1) is 13.1. The lowest BCUT2D eigenvalue weighted by Crippen LogP contribution is -2.00. The van der Waals surface area contributed by atoms with Crippen LogP contribution in [0, 0.1) is 21.4 Å². The fourth-order valence-electron chi connectivity index (χ4n) is 2.66. The van der Waals surface area contributed by atoms with E-state index in [1.165, 1.54) is 12.1 Å². The molecule has 0 saturated heterocycles. The number of nitriles is 1. The molecule has 0 fully saturated rings. The van der Waals surface area contributed by atoms with Crippen LogP contribution >= 0.6 is 0 Å². The number of nitro benzene ring substituents is 1. The largest absolute Gasteiger partial charge is 0.497 e. The summed E-state index contributed by atoms with van der Waals surface area (Å²) < 4.78 is 11.1. The van der Waals surface area contributed by atoms with Gasteiger partial charge in [-0.15, -0.1) is 0 Å². The molecule has 0 atom stereocenters. The van der Waals surface area contributed by atoms with E-state index >= 15 is 0 Å². The quantitative estimate of drug-likeness (QED) is 0.469. The maximum absolute atomic E-state index is 11.2. The fourth-order valence-corrected chi connectivity index (χ4v) is 2.66. The Labute approximate surface area is 156 Å². The Morgan fingerprint density at radius 2 is 1.81 bits per heavy atom. The van der Waals surface area contributed by atoms with Gasteiger partial charge in [0.25, 0.3) is 5.69 Å². The fraction of sp³-hybridized carbons (Fsp3) is 0.0952. The molecule has 3 rings (SSSR count). The lowest BCUT2D eigenvalue weighted by Gasteiger charge is -2.13. The van der Waals surface area contributed by atoms with Gasteiger partial charge in [0, 0.05) is 23.3 Å². The molecule has 0 bridgehead atoms. The molecule has 0 N–H and O–H groups in total. The van der Waals surface area contributed by atoms with E-state index in [9.17, 15) is 15.4 Å². The number of hydrogen-bond acceptors (Lipinski definition) is 5. The number of methoxy groups -OCH3 is 1. The second-order valence-corrected chi connectivity index (χ2v) is 5.72. The van der Waals surface area contributed by atoms with Gasteiger partial charge in [-0.05, 0) is 29.8 Å². The Hall–Kier alpha value is -3.85. The minimum atomic E-state index is -0.443. The van der Waals surface area contributed by atoms with Gasteiger partial charge in [-0.1, -0.05) is 30.3 Å². The van der Waals surface area contributed by atoms with Crippen molar-refractivity contribution in [3.8, 4) is 28.7 Å². The summed E-state index contributed by atoms with van der Waals surface area (Å²) in [5.41, 5.74) is 2.62. The number of non-ortho nitro benzene ring substituents is 1. The molecular formula is C21H16N2O4. The van der Waals surface area contributed by atoms with Crippen LogP contribution in [-0.4, -0.2) is 12.0 Å². The highest BCUT2D eigenvalue weighted by molar-refractivity contribution is 5.73. The van der Waals surface area contributed by atoms with Gasteiger partial charge in [0.15, 0.2) is 0 Å². The molecule has 0 amide bonds. The van der Waals surface area contributed by atoms with Crippen LogP contribution in [0.4, 0.5) is 5.69 Å². The smallest absolute Gasteiger partial charge is 0.270 e. The van der Waals surface area contributed by atoms with E-state index in [-0.39, 0.29) is 12.3 Å². The molecule has 0 heterocycles. The number of hydrogen-bond donors (Lipinski definition) is 0. The van der Waals surface area contributed by atoms with Crippen molar-refractivity contribution in [3.63, 3.8) is 0 Å². The molecule has 0 saturated carbocycles. The molecule has 0 aliphatic rings. The predicted molar refractivity (Wildman–Crippen MR) is 101 cm³/mol. The van der Waals surface area contributed by atoms with E-state index in [0.29, 0.717) is 22.6 Å². The van der Waals surface area contributed by atoms with Crippen molar-refractivity contribution in [2.24, 2.45) is 0 Å². The van der Waals surface area contributed by atoms with Gasteiger partial charge in [0.2, 0.25) is 0 Å². The van der Waals surface area contributed by atoms with Crippen molar-refractivity contribution in [3.05, 3.63) is 88.0 Å². The van der Waals surface area contributed by atoms with Crippen molar-refractivity contribution < 1.29 is 14.4 Å². The van der Waals surface area contributed by atoms with Crippen LogP contribution < -0.4 is 9.47 Å². The second-order valence-electron chi connectivity index (χ2n) is 5.72. The third kappa shape index (κ3) is 4.05. The van der Waals surface area contributed by atoms with E-state index in [2.05, 4.69) is 6.07 Å². The number of rotatable bonds is 6. The molecule has 0 aliphatic carbocycles. The minimum absolute atomic E-state index is 0.0226. The Balaban J connectivity index is 1.96. The topological polar surface area (TPSA) is 85.4 Å². The van der Waals surface area contributed by atoms with E-state index in [1.807, 2.05) is 24.3 Å². The average Bonchev–Trinajstić information content (AvgIpc) is 2.72. The van der Waals surface area contributed by atoms with Crippen LogP contribution in [0.3, 0.4) is 0 Å². The standard InChI is InChI=1S/C21H16N2O4/c1-26-19-9-6-15(7-10-19)20-12-18(23(24)25)8-11-21(20)27-14-17-5-3-2-4-16(17)13-22/h2-12H,14H2,1H3. The molecule has 0 radical (unpaired) electrons. The van der Waals surface area contributed by atoms with Gasteiger partial charge in [-0.2, -0.15) is 5.26 Å². The normalized spacial score (nSPS) is 10.1. The number of nitrogens with zero attached hydrogens (tertiary/aromatic N) is 2. The minimum Gasteiger partial charge on any atom is -0.497 e. The third-order valence-electron chi connectivity index (χ3n) is 4.10. The van der Waals surface area contributed by atoms with Crippen molar-refractivity contribution in [1.82, 2.24) is 0 Å². The molecule has 3 aromatic carbocycles. The Kier molecular flexibility index (Phi) is 5.33. The Morgan fingerprint density at radius 1 is 1.07 bits per heavy atom. The van der Waals surface area contributed by atoms with Crippen LogP contribution in [0.2, 0.25) is 0 Å². The summed E-state index contributed by atoms with van der Waals surface area (Å²) in [5.74, 6) is 1.19. The van der Waals surface area contributed by atoms with Crippen LogP contribution in [-0.2, 0) is 6.61 Å². The van der Waals surface area contributed by atoms with Gasteiger partial charge in [0.05, 0.1) is 23.7 Å². The van der Waals surface area contributed by atoms with Gasteiger partial charge in [0.1, 0.15) is 18.1 Å². The Morgan fingerprint density at radius 3 is 2.48 bits per heavy atom. The summed E-state index contributed by atoms with van der Waals surface area (Å²) >= 11 is 0. The average molecular weight is 360 g/mol. The molecule has 27 heavy (non-hydrogen) atoms. The first-order valence-corrected chi connectivity index (χ1v) is 8.16. The maximum atomic E-state index is 11.2. The summed E-state index contributed by atoms with van der Waals surface area (Å²) in [7, 11) is 1.57. The van der Waals surface area contributed by atoms with Crippen LogP contribution in [0.1, 0.15) is 11.1 Å². The zero-order valence-corrected chi connectivity index (χ0v) is 14.6. The predicted octanol–water partition coefficient (Wildman–Crippen LogP) is 4.72. The van der Waals surface area contributed by atoms with Gasteiger partial charge >= 0.3 is 0 Å². The zero-order valence-electron chi connectivity index (χ0n) is 14.6. The monoisotopic (exact) mass is 360 g/mol. The third-order valence-corrected chi connectivity index (χ3v) is 4.10. The van der Waals surface area contributed by atoms with Crippen molar-refractivity contribution >= 4 is 5.69 Å². The molecule has 6 nitrogen and oxygen atoms in total. The molecule has 0 aromatic heterocycles. The molecule has 134 valence electrons. The SMILES string of the molecule is COc1ccc(-c2cc([N+](=O)[O-])ccc2OCc2ccccc2C#N)cc1. The van der Waals surface area contributed by atoms with Crippen LogP contribution in [0.25, 0.3) is 11.1 Å². The summed E-state index contributed by atoms with van der Waals surface area (Å²) in [6, 6.07) is 20.9. The number of benzene rings is 3. The first kappa shape index (κ1) is 18.0. The molecule has 0 unspecified atom stereocenters. The Bertz CT molecular complexity index is 1010. The lowest BCUT2D eigenvalue weighted by molar-refractivity contribution is -0.384. The van der Waals surface area contributed by atoms with Crippen molar-refractivity contribution in [2.45, 2.75) is 6.61 Å². The van der Waals surface area contributed by atoms with Gasteiger partial charge in [-0.3, -0.25) is 10.1 Å². The highest BCUT2D eigenvalue weighted by Gasteiger charge is 2.14. The number of ether oxygens (including phenoxy) is 2. The van der Waals surface area contributed by atoms with Crippen LogP contribution in [0.15, 0.2) is 66.7 Å². The van der Waals surface area contributed by atoms with Gasteiger partial charge in [-0.25, -0.2) is 0 Å². The summed E-state index contributed by atoms with van der Waals surface area (Å²) in [6.45, 7) is 0.185. The molecule has 0 spiro atoms. The van der Waals surface area contributed by atoms with E-state index in [4.69, 9.17) is 9.47 Å². The summed E-state index contributed by atoms with van der Waals surface area (Å²) in [4.78, 5) is 10.7. The molecule has 6 heteroatoms. The van der Waals surface area contributed by atoms with Crippen molar-refractivity contribution in [2.75, 3.05) is 7.11 Å². The van der Waals surface area contributed by atoms with Gasteiger partial charge < -0.3 is 9.47 Å². The molecule has 3 aromatic rings. The summed E-state index contributed by atoms with van der Waals surface area (Å²) in [5, 5.41) is 20.4. The molecular weight excluding hydrogens is 344 g/mol. The highest BCUT2D eigenvalue weighted by Crippen LogP contribution is 2.35. The summed E-state index contributed by atoms with van der Waals surface area (Å²) in [6.07, 6.45) is 0. The highest BCUT2D eigenvalue weighted by atomic mass is 16.6. The maximum Gasteiger partial charge on any atom is 0.270 e. The van der Waals surface area contributed by atoms with Crippen molar-refractivity contribution in [1.29, 1.82) is 5.26 Å². The zero-order chi connectivity index (χ0) is 19.2. The van der Waals surface area contributed by atoms with E-state index < -0.39 is 4.92 Å². The second kappa shape index (κ2) is 8.02. The van der Waals surface area contributed by atoms with E-state index in [1.54, 1.807) is 37.4 Å².